The van der Waals surface area contributed by atoms with Gasteiger partial charge in [-0.2, -0.15) is 0 Å². The van der Waals surface area contributed by atoms with Crippen LogP contribution in [0.4, 0.5) is 4.39 Å². The van der Waals surface area contributed by atoms with Gasteiger partial charge in [-0.25, -0.2) is 4.39 Å². The summed E-state index contributed by atoms with van der Waals surface area (Å²) in [5.41, 5.74) is 8.40. The minimum Gasteiger partial charge on any atom is -0.323 e. The zero-order chi connectivity index (χ0) is 13.3. The Labute approximate surface area is 112 Å². The van der Waals surface area contributed by atoms with Gasteiger partial charge in [-0.1, -0.05) is 36.8 Å². The average Bonchev–Trinajstić information content (AvgIpc) is 2.38. The van der Waals surface area contributed by atoms with Crippen molar-refractivity contribution in [3.63, 3.8) is 0 Å². The van der Waals surface area contributed by atoms with Gasteiger partial charge in [-0.15, -0.1) is 0 Å². The maximum absolute atomic E-state index is 13.3. The summed E-state index contributed by atoms with van der Waals surface area (Å²) in [5, 5.41) is 0. The van der Waals surface area contributed by atoms with Gasteiger partial charge in [0.25, 0.3) is 0 Å². The largest absolute Gasteiger partial charge is 0.323 e. The lowest BCUT2D eigenvalue weighted by Crippen LogP contribution is -2.44. The van der Waals surface area contributed by atoms with Crippen molar-refractivity contribution in [3.05, 3.63) is 65.7 Å². The fraction of sp³-hybridized carbons (Fsp3) is 0.312. The van der Waals surface area contributed by atoms with E-state index in [1.807, 2.05) is 18.2 Å². The summed E-state index contributed by atoms with van der Waals surface area (Å²) in [6.45, 7) is 0. The first-order valence-corrected chi connectivity index (χ1v) is 6.64. The van der Waals surface area contributed by atoms with Crippen LogP contribution in [0.3, 0.4) is 0 Å². The van der Waals surface area contributed by atoms with E-state index in [1.165, 1.54) is 24.2 Å². The van der Waals surface area contributed by atoms with Gasteiger partial charge in [-0.05, 0) is 30.0 Å². The van der Waals surface area contributed by atoms with Crippen molar-refractivity contribution in [1.82, 2.24) is 4.98 Å². The molecular formula is C16H17FN2. The van der Waals surface area contributed by atoms with E-state index >= 15 is 0 Å². The average molecular weight is 256 g/mol. The molecule has 1 aromatic heterocycles. The predicted octanol–water partition coefficient (Wildman–Crippen LogP) is 3.34. The number of aromatic nitrogens is 1. The second-order valence-electron chi connectivity index (χ2n) is 5.29. The fourth-order valence-corrected chi connectivity index (χ4v) is 3.02. The molecule has 1 aromatic carbocycles. The summed E-state index contributed by atoms with van der Waals surface area (Å²) in [6, 6.07) is 11.6. The van der Waals surface area contributed by atoms with Crippen molar-refractivity contribution in [3.8, 4) is 0 Å². The first-order chi connectivity index (χ1) is 9.22. The van der Waals surface area contributed by atoms with E-state index in [4.69, 9.17) is 5.73 Å². The molecule has 98 valence electrons. The Morgan fingerprint density at radius 1 is 1.16 bits per heavy atom. The zero-order valence-corrected chi connectivity index (χ0v) is 10.7. The summed E-state index contributed by atoms with van der Waals surface area (Å²) in [5.74, 6) is -0.324. The molecule has 1 fully saturated rings. The third kappa shape index (κ3) is 2.04. The highest BCUT2D eigenvalue weighted by Gasteiger charge is 2.44. The molecule has 2 nitrogen and oxygen atoms in total. The summed E-state index contributed by atoms with van der Waals surface area (Å²) in [6.07, 6.45) is 6.16. The Balaban J connectivity index is 1.99. The molecule has 0 bridgehead atoms. The van der Waals surface area contributed by atoms with Gasteiger partial charge in [0.2, 0.25) is 0 Å². The van der Waals surface area contributed by atoms with Crippen LogP contribution in [-0.2, 0) is 5.41 Å². The minimum atomic E-state index is -0.324. The van der Waals surface area contributed by atoms with Crippen molar-refractivity contribution >= 4 is 0 Å². The van der Waals surface area contributed by atoms with E-state index < -0.39 is 0 Å². The molecule has 1 unspecified atom stereocenters. The van der Waals surface area contributed by atoms with Crippen LogP contribution in [0.1, 0.15) is 36.4 Å². The SMILES string of the molecule is NC(c1cncc(F)c1)C1(c2ccccc2)CCC1. The second kappa shape index (κ2) is 4.74. The van der Waals surface area contributed by atoms with Crippen LogP contribution in [0, 0.1) is 5.82 Å². The lowest BCUT2D eigenvalue weighted by molar-refractivity contribution is 0.196. The number of halogens is 1. The molecule has 3 heteroatoms. The number of benzene rings is 1. The molecule has 0 saturated heterocycles. The first kappa shape index (κ1) is 12.3. The molecule has 1 saturated carbocycles. The van der Waals surface area contributed by atoms with Crippen LogP contribution < -0.4 is 5.73 Å². The molecule has 1 heterocycles. The number of rotatable bonds is 3. The maximum atomic E-state index is 13.3. The standard InChI is InChI=1S/C16H17FN2/c17-14-9-12(10-19-11-14)15(18)16(7-4-8-16)13-5-2-1-3-6-13/h1-3,5-6,9-11,15H,4,7-8,18H2. The van der Waals surface area contributed by atoms with Gasteiger partial charge in [0.05, 0.1) is 6.20 Å². The van der Waals surface area contributed by atoms with Gasteiger partial charge in [-0.3, -0.25) is 4.98 Å². The lowest BCUT2D eigenvalue weighted by Gasteiger charge is -2.47. The van der Waals surface area contributed by atoms with Crippen LogP contribution >= 0.6 is 0 Å². The molecule has 19 heavy (non-hydrogen) atoms. The topological polar surface area (TPSA) is 38.9 Å². The number of hydrogen-bond acceptors (Lipinski definition) is 2. The van der Waals surface area contributed by atoms with Gasteiger partial charge < -0.3 is 5.73 Å². The first-order valence-electron chi connectivity index (χ1n) is 6.64. The quantitative estimate of drug-likeness (QED) is 0.914. The molecule has 3 rings (SSSR count). The Bertz CT molecular complexity index is 564. The van der Waals surface area contributed by atoms with E-state index in [1.54, 1.807) is 6.20 Å². The molecule has 1 aliphatic rings. The Morgan fingerprint density at radius 3 is 2.47 bits per heavy atom. The van der Waals surface area contributed by atoms with Crippen LogP contribution in [0.5, 0.6) is 0 Å². The molecule has 1 aliphatic carbocycles. The van der Waals surface area contributed by atoms with Crippen molar-refractivity contribution in [1.29, 1.82) is 0 Å². The third-order valence-electron chi connectivity index (χ3n) is 4.27. The highest BCUT2D eigenvalue weighted by atomic mass is 19.1. The van der Waals surface area contributed by atoms with Crippen molar-refractivity contribution in [2.45, 2.75) is 30.7 Å². The minimum absolute atomic E-state index is 0.0588. The zero-order valence-electron chi connectivity index (χ0n) is 10.7. The van der Waals surface area contributed by atoms with Crippen LogP contribution in [0.15, 0.2) is 48.8 Å². The third-order valence-corrected chi connectivity index (χ3v) is 4.27. The van der Waals surface area contributed by atoms with E-state index in [0.717, 1.165) is 18.4 Å². The van der Waals surface area contributed by atoms with Crippen LogP contribution in [0.2, 0.25) is 0 Å². The highest BCUT2D eigenvalue weighted by Crippen LogP contribution is 2.50. The predicted molar refractivity (Wildman–Crippen MR) is 73.1 cm³/mol. The number of nitrogens with two attached hydrogens (primary N) is 1. The maximum Gasteiger partial charge on any atom is 0.141 e. The Morgan fingerprint density at radius 2 is 1.89 bits per heavy atom. The molecule has 0 spiro atoms. The van der Waals surface area contributed by atoms with Gasteiger partial charge >= 0.3 is 0 Å². The Hall–Kier alpha value is -1.74. The van der Waals surface area contributed by atoms with Crippen molar-refractivity contribution in [2.75, 3.05) is 0 Å². The highest BCUT2D eigenvalue weighted by molar-refractivity contribution is 5.34. The molecule has 2 N–H and O–H groups in total. The summed E-state index contributed by atoms with van der Waals surface area (Å²) in [4.78, 5) is 3.92. The number of nitrogens with zero attached hydrogens (tertiary/aromatic N) is 1. The monoisotopic (exact) mass is 256 g/mol. The normalized spacial score (nSPS) is 18.6. The molecular weight excluding hydrogens is 239 g/mol. The molecule has 0 radical (unpaired) electrons. The summed E-state index contributed by atoms with van der Waals surface area (Å²) < 4.78 is 13.3. The van der Waals surface area contributed by atoms with Crippen LogP contribution in [0.25, 0.3) is 0 Å². The molecule has 0 aliphatic heterocycles. The van der Waals surface area contributed by atoms with E-state index in [2.05, 4.69) is 17.1 Å². The molecule has 1 atom stereocenters. The lowest BCUT2D eigenvalue weighted by atomic mass is 9.59. The fourth-order valence-electron chi connectivity index (χ4n) is 3.02. The van der Waals surface area contributed by atoms with Crippen molar-refractivity contribution in [2.24, 2.45) is 5.73 Å². The van der Waals surface area contributed by atoms with Gasteiger partial charge in [0, 0.05) is 17.7 Å². The number of pyridine rings is 1. The van der Waals surface area contributed by atoms with Crippen LogP contribution in [-0.4, -0.2) is 4.98 Å². The van der Waals surface area contributed by atoms with E-state index in [-0.39, 0.29) is 17.3 Å². The molecule has 0 amide bonds. The summed E-state index contributed by atoms with van der Waals surface area (Å²) in [7, 11) is 0. The number of hydrogen-bond donors (Lipinski definition) is 1. The van der Waals surface area contributed by atoms with E-state index in [9.17, 15) is 4.39 Å². The smallest absolute Gasteiger partial charge is 0.141 e. The second-order valence-corrected chi connectivity index (χ2v) is 5.29. The van der Waals surface area contributed by atoms with Gasteiger partial charge in [0.1, 0.15) is 5.82 Å². The van der Waals surface area contributed by atoms with Gasteiger partial charge in [0.15, 0.2) is 0 Å². The van der Waals surface area contributed by atoms with E-state index in [0.29, 0.717) is 0 Å². The van der Waals surface area contributed by atoms with Crippen molar-refractivity contribution < 1.29 is 4.39 Å². The molecule has 2 aromatic rings. The Kier molecular flexibility index (Phi) is 3.07. The summed E-state index contributed by atoms with van der Waals surface area (Å²) >= 11 is 0.